The molecule has 0 spiro atoms. The largest absolute Gasteiger partial charge is 0.399 e. The fourth-order valence-electron chi connectivity index (χ4n) is 2.07. The van der Waals surface area contributed by atoms with E-state index in [0.29, 0.717) is 11.4 Å². The molecule has 3 rings (SSSR count). The van der Waals surface area contributed by atoms with Crippen molar-refractivity contribution in [3.05, 3.63) is 59.0 Å². The van der Waals surface area contributed by atoms with E-state index < -0.39 is 11.7 Å². The second-order valence-electron chi connectivity index (χ2n) is 4.58. The van der Waals surface area contributed by atoms with Crippen molar-refractivity contribution in [2.45, 2.75) is 0 Å². The average molecular weight is 304 g/mol. The van der Waals surface area contributed by atoms with E-state index in [0.717, 1.165) is 10.9 Å². The number of hydrogen-bond acceptors (Lipinski definition) is 2. The number of aromatic amines is 1. The molecule has 0 radical (unpaired) electrons. The Morgan fingerprint density at radius 2 is 2.05 bits per heavy atom. The van der Waals surface area contributed by atoms with Crippen molar-refractivity contribution in [2.75, 3.05) is 11.1 Å². The number of rotatable bonds is 2. The molecule has 1 heterocycles. The number of carbonyl (C=O) groups is 1. The summed E-state index contributed by atoms with van der Waals surface area (Å²) in [6.07, 6.45) is 0. The van der Waals surface area contributed by atoms with E-state index in [9.17, 15) is 9.18 Å². The molecule has 2 aromatic carbocycles. The maximum atomic E-state index is 13.7. The first kappa shape index (κ1) is 13.5. The first-order valence-corrected chi connectivity index (χ1v) is 6.56. The monoisotopic (exact) mass is 303 g/mol. The number of hydrogen-bond donors (Lipinski definition) is 3. The van der Waals surface area contributed by atoms with Gasteiger partial charge in [0.2, 0.25) is 0 Å². The van der Waals surface area contributed by atoms with E-state index in [1.165, 1.54) is 18.2 Å². The Hall–Kier alpha value is -2.53. The number of benzene rings is 2. The highest BCUT2D eigenvalue weighted by molar-refractivity contribution is 6.34. The molecule has 0 aliphatic heterocycles. The van der Waals surface area contributed by atoms with Gasteiger partial charge in [0.05, 0.1) is 10.7 Å². The molecule has 0 aliphatic carbocycles. The average Bonchev–Trinajstić information content (AvgIpc) is 2.86. The van der Waals surface area contributed by atoms with Gasteiger partial charge in [0.1, 0.15) is 11.5 Å². The molecule has 4 N–H and O–H groups in total. The molecule has 1 amide bonds. The van der Waals surface area contributed by atoms with Crippen LogP contribution in [0.15, 0.2) is 42.5 Å². The number of nitrogens with one attached hydrogen (secondary N) is 2. The predicted octanol–water partition coefficient (Wildman–Crippen LogP) is 3.79. The number of para-hydroxylation sites is 1. The van der Waals surface area contributed by atoms with Crippen LogP contribution in [0, 0.1) is 5.82 Å². The minimum atomic E-state index is -0.587. The van der Waals surface area contributed by atoms with Crippen LogP contribution in [0.25, 0.3) is 10.9 Å². The Morgan fingerprint density at radius 3 is 2.81 bits per heavy atom. The Labute approximate surface area is 124 Å². The summed E-state index contributed by atoms with van der Waals surface area (Å²) < 4.78 is 13.7. The fourth-order valence-corrected chi connectivity index (χ4v) is 2.28. The first-order chi connectivity index (χ1) is 10.0. The third-order valence-electron chi connectivity index (χ3n) is 3.09. The van der Waals surface area contributed by atoms with Crippen LogP contribution < -0.4 is 11.1 Å². The van der Waals surface area contributed by atoms with Crippen molar-refractivity contribution in [1.29, 1.82) is 0 Å². The summed E-state index contributed by atoms with van der Waals surface area (Å²) in [6, 6.07) is 11.1. The van der Waals surface area contributed by atoms with Crippen LogP contribution in [0.2, 0.25) is 5.02 Å². The highest BCUT2D eigenvalue weighted by Gasteiger charge is 2.14. The zero-order valence-corrected chi connectivity index (χ0v) is 11.5. The molecule has 3 aromatic rings. The normalized spacial score (nSPS) is 10.8. The van der Waals surface area contributed by atoms with Crippen LogP contribution in [-0.2, 0) is 0 Å². The number of halogens is 2. The Kier molecular flexibility index (Phi) is 3.27. The highest BCUT2D eigenvalue weighted by atomic mass is 35.5. The van der Waals surface area contributed by atoms with Gasteiger partial charge in [-0.25, -0.2) is 4.39 Å². The number of anilines is 2. The van der Waals surface area contributed by atoms with Gasteiger partial charge in [-0.05, 0) is 36.4 Å². The van der Waals surface area contributed by atoms with Crippen LogP contribution in [0.3, 0.4) is 0 Å². The van der Waals surface area contributed by atoms with Gasteiger partial charge in [0, 0.05) is 16.6 Å². The van der Waals surface area contributed by atoms with E-state index in [1.807, 2.05) is 0 Å². The quantitative estimate of drug-likeness (QED) is 0.630. The zero-order chi connectivity index (χ0) is 15.0. The van der Waals surface area contributed by atoms with Gasteiger partial charge in [0.15, 0.2) is 0 Å². The van der Waals surface area contributed by atoms with Gasteiger partial charge in [-0.15, -0.1) is 0 Å². The summed E-state index contributed by atoms with van der Waals surface area (Å²) in [5.74, 6) is -1.06. The van der Waals surface area contributed by atoms with Crippen molar-refractivity contribution in [3.63, 3.8) is 0 Å². The van der Waals surface area contributed by atoms with E-state index >= 15 is 0 Å². The van der Waals surface area contributed by atoms with Crippen LogP contribution >= 0.6 is 11.6 Å². The summed E-state index contributed by atoms with van der Waals surface area (Å²) in [4.78, 5) is 15.1. The van der Waals surface area contributed by atoms with E-state index in [1.54, 1.807) is 24.3 Å². The third kappa shape index (κ3) is 2.55. The van der Waals surface area contributed by atoms with Crippen molar-refractivity contribution < 1.29 is 9.18 Å². The minimum Gasteiger partial charge on any atom is -0.399 e. The zero-order valence-electron chi connectivity index (χ0n) is 10.8. The van der Waals surface area contributed by atoms with Crippen molar-refractivity contribution in [2.24, 2.45) is 0 Å². The van der Waals surface area contributed by atoms with Crippen molar-refractivity contribution in [3.8, 4) is 0 Å². The lowest BCUT2D eigenvalue weighted by Crippen LogP contribution is -2.13. The van der Waals surface area contributed by atoms with Gasteiger partial charge in [-0.2, -0.15) is 0 Å². The first-order valence-electron chi connectivity index (χ1n) is 6.18. The number of fused-ring (bicyclic) bond motifs is 1. The lowest BCUT2D eigenvalue weighted by atomic mass is 10.2. The van der Waals surface area contributed by atoms with Crippen LogP contribution in [0.4, 0.5) is 15.8 Å². The van der Waals surface area contributed by atoms with Crippen LogP contribution in [0.1, 0.15) is 10.5 Å². The number of nitrogen functional groups attached to an aromatic ring is 1. The molecule has 4 nitrogen and oxygen atoms in total. The van der Waals surface area contributed by atoms with Gasteiger partial charge in [0.25, 0.3) is 5.91 Å². The summed E-state index contributed by atoms with van der Waals surface area (Å²) in [6.45, 7) is 0. The molecular formula is C15H11ClFN3O. The fraction of sp³-hybridized carbons (Fsp3) is 0. The molecule has 0 unspecified atom stereocenters. The van der Waals surface area contributed by atoms with Gasteiger partial charge in [-0.1, -0.05) is 17.7 Å². The second kappa shape index (κ2) is 5.10. The van der Waals surface area contributed by atoms with Gasteiger partial charge in [-0.3, -0.25) is 4.79 Å². The maximum Gasteiger partial charge on any atom is 0.272 e. The lowest BCUT2D eigenvalue weighted by molar-refractivity contribution is 0.102. The molecule has 0 atom stereocenters. The molecule has 0 fully saturated rings. The third-order valence-corrected chi connectivity index (χ3v) is 3.41. The molecule has 0 bridgehead atoms. The second-order valence-corrected chi connectivity index (χ2v) is 4.99. The van der Waals surface area contributed by atoms with Gasteiger partial charge < -0.3 is 16.0 Å². The van der Waals surface area contributed by atoms with Crippen molar-refractivity contribution in [1.82, 2.24) is 4.98 Å². The molecule has 0 saturated heterocycles. The van der Waals surface area contributed by atoms with Crippen LogP contribution in [-0.4, -0.2) is 10.9 Å². The topological polar surface area (TPSA) is 70.9 Å². The number of amides is 1. The van der Waals surface area contributed by atoms with E-state index in [4.69, 9.17) is 17.3 Å². The number of carbonyl (C=O) groups excluding carboxylic acids is 1. The molecule has 0 aliphatic rings. The van der Waals surface area contributed by atoms with E-state index in [2.05, 4.69) is 10.3 Å². The smallest absolute Gasteiger partial charge is 0.272 e. The Morgan fingerprint density at radius 1 is 1.24 bits per heavy atom. The van der Waals surface area contributed by atoms with E-state index in [-0.39, 0.29) is 10.7 Å². The standard InChI is InChI=1S/C15H11ClFN3O/c16-10-2-1-3-11(17)14(10)20-15(21)13-7-8-6-9(18)4-5-12(8)19-13/h1-7,19H,18H2,(H,20,21). The maximum absolute atomic E-state index is 13.7. The molecular weight excluding hydrogens is 293 g/mol. The SMILES string of the molecule is Nc1ccc2[nH]c(C(=O)Nc3c(F)cccc3Cl)cc2c1. The highest BCUT2D eigenvalue weighted by Crippen LogP contribution is 2.26. The summed E-state index contributed by atoms with van der Waals surface area (Å²) in [5.41, 5.74) is 7.33. The Bertz CT molecular complexity index is 824. The number of H-pyrrole nitrogens is 1. The number of aromatic nitrogens is 1. The predicted molar refractivity (Wildman–Crippen MR) is 82.1 cm³/mol. The lowest BCUT2D eigenvalue weighted by Gasteiger charge is -2.06. The molecule has 106 valence electrons. The van der Waals surface area contributed by atoms with Gasteiger partial charge >= 0.3 is 0 Å². The van der Waals surface area contributed by atoms with Crippen molar-refractivity contribution >= 4 is 39.8 Å². The molecule has 21 heavy (non-hydrogen) atoms. The van der Waals surface area contributed by atoms with Crippen LogP contribution in [0.5, 0.6) is 0 Å². The molecule has 0 saturated carbocycles. The summed E-state index contributed by atoms with van der Waals surface area (Å²) in [7, 11) is 0. The number of nitrogens with two attached hydrogens (primary N) is 1. The molecule has 1 aromatic heterocycles. The Balaban J connectivity index is 1.94. The summed E-state index contributed by atoms with van der Waals surface area (Å²) in [5, 5.41) is 3.41. The minimum absolute atomic E-state index is 0.0395. The summed E-state index contributed by atoms with van der Waals surface area (Å²) >= 11 is 5.88. The molecule has 6 heteroatoms.